The first-order valence-electron chi connectivity index (χ1n) is 5.35. The Morgan fingerprint density at radius 3 is 2.61 bits per heavy atom. The summed E-state index contributed by atoms with van der Waals surface area (Å²) < 4.78 is 1.87. The van der Waals surface area contributed by atoms with Gasteiger partial charge < -0.3 is 4.57 Å². The number of hydrogen-bond acceptors (Lipinski definition) is 4. The smallest absolute Gasteiger partial charge is 0.191 e. The molecule has 6 heteroatoms. The van der Waals surface area contributed by atoms with Gasteiger partial charge in [-0.05, 0) is 31.2 Å². The summed E-state index contributed by atoms with van der Waals surface area (Å²) in [6, 6.07) is 7.42. The average Bonchev–Trinajstić information content (AvgIpc) is 2.69. The number of ketones is 1. The van der Waals surface area contributed by atoms with E-state index in [0.717, 1.165) is 16.5 Å². The van der Waals surface area contributed by atoms with Crippen molar-refractivity contribution in [3.05, 3.63) is 29.3 Å². The van der Waals surface area contributed by atoms with Crippen LogP contribution >= 0.6 is 23.4 Å². The zero-order chi connectivity index (χ0) is 13.1. The van der Waals surface area contributed by atoms with E-state index in [2.05, 4.69) is 10.2 Å². The number of halogens is 1. The molecule has 4 nitrogen and oxygen atoms in total. The molecule has 0 bridgehead atoms. The Labute approximate surface area is 114 Å². The molecule has 0 fully saturated rings. The predicted octanol–water partition coefficient (Wildman–Crippen LogP) is 2.82. The third-order valence-electron chi connectivity index (χ3n) is 2.34. The average molecular weight is 282 g/mol. The molecule has 0 N–H and O–H groups in total. The van der Waals surface area contributed by atoms with Gasteiger partial charge >= 0.3 is 0 Å². The number of nitrogens with zero attached hydrogens (tertiary/aromatic N) is 3. The zero-order valence-corrected chi connectivity index (χ0v) is 11.6. The fourth-order valence-electron chi connectivity index (χ4n) is 1.46. The van der Waals surface area contributed by atoms with Gasteiger partial charge in [0.2, 0.25) is 0 Å². The van der Waals surface area contributed by atoms with Crippen LogP contribution in [-0.4, -0.2) is 26.3 Å². The van der Waals surface area contributed by atoms with Gasteiger partial charge in [0.1, 0.15) is 5.78 Å². The second-order valence-electron chi connectivity index (χ2n) is 3.86. The van der Waals surface area contributed by atoms with Crippen molar-refractivity contribution in [1.82, 2.24) is 14.8 Å². The standard InChI is InChI=1S/C12H12ClN3OS/c1-8(17)7-18-12-15-14-11(16(12)2)9-3-5-10(13)6-4-9/h3-6H,7H2,1-2H3. The Kier molecular flexibility index (Phi) is 4.04. The SMILES string of the molecule is CC(=O)CSc1nnc(-c2ccc(Cl)cc2)n1C. The Morgan fingerprint density at radius 1 is 1.33 bits per heavy atom. The number of carbonyl (C=O) groups excluding carboxylic acids is 1. The van der Waals surface area contributed by atoms with Gasteiger partial charge in [-0.15, -0.1) is 10.2 Å². The van der Waals surface area contributed by atoms with Crippen molar-refractivity contribution < 1.29 is 4.79 Å². The maximum Gasteiger partial charge on any atom is 0.191 e. The first-order chi connectivity index (χ1) is 8.58. The van der Waals surface area contributed by atoms with Crippen LogP contribution in [0.3, 0.4) is 0 Å². The molecular weight excluding hydrogens is 270 g/mol. The van der Waals surface area contributed by atoms with E-state index < -0.39 is 0 Å². The van der Waals surface area contributed by atoms with Crippen LogP contribution in [0.1, 0.15) is 6.92 Å². The Balaban J connectivity index is 2.25. The van der Waals surface area contributed by atoms with Crippen LogP contribution in [0.4, 0.5) is 0 Å². The predicted molar refractivity (Wildman–Crippen MR) is 72.9 cm³/mol. The van der Waals surface area contributed by atoms with Crippen molar-refractivity contribution >= 4 is 29.1 Å². The Morgan fingerprint density at radius 2 is 2.00 bits per heavy atom. The maximum absolute atomic E-state index is 10.9. The molecule has 1 aromatic carbocycles. The number of hydrogen-bond donors (Lipinski definition) is 0. The lowest BCUT2D eigenvalue weighted by Gasteiger charge is -2.03. The number of aromatic nitrogens is 3. The highest BCUT2D eigenvalue weighted by Crippen LogP contribution is 2.23. The van der Waals surface area contributed by atoms with Crippen molar-refractivity contribution in [2.45, 2.75) is 12.1 Å². The molecule has 2 rings (SSSR count). The van der Waals surface area contributed by atoms with Crippen molar-refractivity contribution in [3.8, 4) is 11.4 Å². The normalized spacial score (nSPS) is 10.6. The van der Waals surface area contributed by atoms with Gasteiger partial charge in [0, 0.05) is 17.6 Å². The Bertz CT molecular complexity index is 565. The van der Waals surface area contributed by atoms with Crippen LogP contribution in [0.5, 0.6) is 0 Å². The number of benzene rings is 1. The van der Waals surface area contributed by atoms with Crippen LogP contribution in [0.2, 0.25) is 5.02 Å². The molecule has 0 aliphatic rings. The van der Waals surface area contributed by atoms with Crippen LogP contribution in [0.25, 0.3) is 11.4 Å². The van der Waals surface area contributed by atoms with Crippen molar-refractivity contribution in [2.75, 3.05) is 5.75 Å². The van der Waals surface area contributed by atoms with Gasteiger partial charge in [-0.2, -0.15) is 0 Å². The fourth-order valence-corrected chi connectivity index (χ4v) is 2.29. The molecule has 0 aliphatic heterocycles. The molecule has 18 heavy (non-hydrogen) atoms. The molecule has 0 saturated carbocycles. The van der Waals surface area contributed by atoms with Gasteiger partial charge in [0.05, 0.1) is 5.75 Å². The molecule has 0 unspecified atom stereocenters. The fraction of sp³-hybridized carbons (Fsp3) is 0.250. The summed E-state index contributed by atoms with van der Waals surface area (Å²) in [5, 5.41) is 9.63. The molecule has 1 heterocycles. The maximum atomic E-state index is 10.9. The Hall–Kier alpha value is -1.33. The highest BCUT2D eigenvalue weighted by atomic mass is 35.5. The second-order valence-corrected chi connectivity index (χ2v) is 5.24. The van der Waals surface area contributed by atoms with E-state index in [1.807, 2.05) is 35.9 Å². The van der Waals surface area contributed by atoms with Crippen molar-refractivity contribution in [1.29, 1.82) is 0 Å². The van der Waals surface area contributed by atoms with Crippen LogP contribution < -0.4 is 0 Å². The molecule has 94 valence electrons. The van der Waals surface area contributed by atoms with E-state index in [1.54, 1.807) is 6.92 Å². The molecule has 0 amide bonds. The summed E-state index contributed by atoms with van der Waals surface area (Å²) in [5.41, 5.74) is 0.948. The van der Waals surface area contributed by atoms with E-state index in [1.165, 1.54) is 11.8 Å². The lowest BCUT2D eigenvalue weighted by Crippen LogP contribution is -1.98. The number of carbonyl (C=O) groups is 1. The highest BCUT2D eigenvalue weighted by Gasteiger charge is 2.11. The van der Waals surface area contributed by atoms with E-state index in [9.17, 15) is 4.79 Å². The summed E-state index contributed by atoms with van der Waals surface area (Å²) in [6.45, 7) is 1.56. The van der Waals surface area contributed by atoms with Gasteiger partial charge in [-0.25, -0.2) is 0 Å². The van der Waals surface area contributed by atoms with Gasteiger partial charge in [0.25, 0.3) is 0 Å². The van der Waals surface area contributed by atoms with Crippen LogP contribution in [-0.2, 0) is 11.8 Å². The third-order valence-corrected chi connectivity index (χ3v) is 3.76. The molecule has 0 aliphatic carbocycles. The lowest BCUT2D eigenvalue weighted by molar-refractivity contribution is -0.114. The molecule has 2 aromatic rings. The van der Waals surface area contributed by atoms with E-state index >= 15 is 0 Å². The minimum absolute atomic E-state index is 0.121. The van der Waals surface area contributed by atoms with Gasteiger partial charge in [-0.3, -0.25) is 4.79 Å². The zero-order valence-electron chi connectivity index (χ0n) is 10.1. The van der Waals surface area contributed by atoms with Crippen LogP contribution in [0.15, 0.2) is 29.4 Å². The lowest BCUT2D eigenvalue weighted by atomic mass is 10.2. The molecule has 0 saturated heterocycles. The van der Waals surface area contributed by atoms with E-state index in [4.69, 9.17) is 11.6 Å². The summed E-state index contributed by atoms with van der Waals surface area (Å²) in [4.78, 5) is 10.9. The number of Topliss-reactive ketones (excluding diaryl/α,β-unsaturated/α-hetero) is 1. The summed E-state index contributed by atoms with van der Waals surface area (Å²) >= 11 is 7.23. The topological polar surface area (TPSA) is 47.8 Å². The quantitative estimate of drug-likeness (QED) is 0.809. The molecular formula is C12H12ClN3OS. The van der Waals surface area contributed by atoms with Crippen molar-refractivity contribution in [2.24, 2.45) is 7.05 Å². The molecule has 0 spiro atoms. The second kappa shape index (κ2) is 5.54. The number of rotatable bonds is 4. The molecule has 0 radical (unpaired) electrons. The highest BCUT2D eigenvalue weighted by molar-refractivity contribution is 7.99. The van der Waals surface area contributed by atoms with E-state index in [0.29, 0.717) is 10.8 Å². The minimum Gasteiger partial charge on any atom is -0.305 e. The van der Waals surface area contributed by atoms with Crippen molar-refractivity contribution in [3.63, 3.8) is 0 Å². The van der Waals surface area contributed by atoms with Crippen LogP contribution in [0, 0.1) is 0 Å². The summed E-state index contributed by atoms with van der Waals surface area (Å²) in [5.74, 6) is 1.29. The summed E-state index contributed by atoms with van der Waals surface area (Å²) in [6.07, 6.45) is 0. The van der Waals surface area contributed by atoms with Gasteiger partial charge in [0.15, 0.2) is 11.0 Å². The monoisotopic (exact) mass is 281 g/mol. The first-order valence-corrected chi connectivity index (χ1v) is 6.72. The summed E-state index contributed by atoms with van der Waals surface area (Å²) in [7, 11) is 1.88. The minimum atomic E-state index is 0.121. The first kappa shape index (κ1) is 13.1. The number of thioether (sulfide) groups is 1. The largest absolute Gasteiger partial charge is 0.305 e. The third kappa shape index (κ3) is 2.91. The molecule has 0 atom stereocenters. The van der Waals surface area contributed by atoms with Gasteiger partial charge in [-0.1, -0.05) is 23.4 Å². The molecule has 1 aromatic heterocycles. The van der Waals surface area contributed by atoms with E-state index in [-0.39, 0.29) is 5.78 Å².